The molecule has 0 bridgehead atoms. The maximum Gasteiger partial charge on any atom is 0.140 e. The minimum atomic E-state index is -1.70. The van der Waals surface area contributed by atoms with E-state index in [-0.39, 0.29) is 5.82 Å². The Kier molecular flexibility index (Phi) is 4.59. The van der Waals surface area contributed by atoms with Gasteiger partial charge in [0, 0.05) is 5.02 Å². The van der Waals surface area contributed by atoms with Gasteiger partial charge >= 0.3 is 0 Å². The quantitative estimate of drug-likeness (QED) is 0.434. The van der Waals surface area contributed by atoms with E-state index in [9.17, 15) is 20.4 Å². The first-order valence-corrected chi connectivity index (χ1v) is 6.30. The first kappa shape index (κ1) is 15.2. The Labute approximate surface area is 119 Å². The molecule has 4 atom stereocenters. The number of aromatic amines is 1. The van der Waals surface area contributed by atoms with Crippen LogP contribution >= 0.6 is 11.6 Å². The van der Waals surface area contributed by atoms with Gasteiger partial charge in [0.15, 0.2) is 0 Å². The SMILES string of the molecule is OCC(O)C(O)C(O)C(O)c1nc2ccc(Cl)cc2[nH]1. The summed E-state index contributed by atoms with van der Waals surface area (Å²) in [7, 11) is 0. The fourth-order valence-corrected chi connectivity index (χ4v) is 2.00. The van der Waals surface area contributed by atoms with E-state index >= 15 is 0 Å². The van der Waals surface area contributed by atoms with E-state index in [0.717, 1.165) is 0 Å². The molecule has 8 heteroatoms. The lowest BCUT2D eigenvalue weighted by molar-refractivity contribution is -0.117. The van der Waals surface area contributed by atoms with Gasteiger partial charge in [0.1, 0.15) is 30.2 Å². The van der Waals surface area contributed by atoms with Gasteiger partial charge in [-0.15, -0.1) is 0 Å². The number of nitrogens with zero attached hydrogens (tertiary/aromatic N) is 1. The van der Waals surface area contributed by atoms with E-state index in [1.807, 2.05) is 0 Å². The molecule has 1 aromatic heterocycles. The van der Waals surface area contributed by atoms with E-state index in [2.05, 4.69) is 9.97 Å². The molecular weight excluding hydrogens is 288 g/mol. The Morgan fingerprint density at radius 2 is 1.85 bits per heavy atom. The predicted molar refractivity (Wildman–Crippen MR) is 71.2 cm³/mol. The Morgan fingerprint density at radius 3 is 2.50 bits per heavy atom. The summed E-state index contributed by atoms with van der Waals surface area (Å²) < 4.78 is 0. The second-order valence-corrected chi connectivity index (χ2v) is 4.90. The average Bonchev–Trinajstić information content (AvgIpc) is 2.86. The molecule has 0 saturated heterocycles. The highest BCUT2D eigenvalue weighted by Gasteiger charge is 2.32. The van der Waals surface area contributed by atoms with Gasteiger partial charge in [0.2, 0.25) is 0 Å². The summed E-state index contributed by atoms with van der Waals surface area (Å²) in [5.41, 5.74) is 1.10. The monoisotopic (exact) mass is 302 g/mol. The van der Waals surface area contributed by atoms with Gasteiger partial charge in [-0.05, 0) is 18.2 Å². The number of halogens is 1. The zero-order valence-corrected chi connectivity index (χ0v) is 11.1. The summed E-state index contributed by atoms with van der Waals surface area (Å²) in [6.45, 7) is -0.735. The molecule has 0 aliphatic rings. The fraction of sp³-hybridized carbons (Fsp3) is 0.417. The van der Waals surface area contributed by atoms with Crippen molar-refractivity contribution in [2.75, 3.05) is 6.61 Å². The lowest BCUT2D eigenvalue weighted by Gasteiger charge is -2.24. The van der Waals surface area contributed by atoms with Crippen molar-refractivity contribution in [3.05, 3.63) is 29.0 Å². The van der Waals surface area contributed by atoms with Crippen LogP contribution in [-0.2, 0) is 0 Å². The van der Waals surface area contributed by atoms with Crippen molar-refractivity contribution in [1.29, 1.82) is 0 Å². The van der Waals surface area contributed by atoms with Crippen molar-refractivity contribution in [1.82, 2.24) is 9.97 Å². The molecule has 0 fully saturated rings. The second-order valence-electron chi connectivity index (χ2n) is 4.46. The predicted octanol–water partition coefficient (Wildman–Crippen LogP) is -0.675. The molecule has 0 aliphatic carbocycles. The van der Waals surface area contributed by atoms with Crippen LogP contribution in [0.15, 0.2) is 18.2 Å². The third-order valence-electron chi connectivity index (χ3n) is 3.00. The molecule has 110 valence electrons. The molecule has 0 amide bonds. The van der Waals surface area contributed by atoms with Gasteiger partial charge in [0.05, 0.1) is 17.6 Å². The minimum Gasteiger partial charge on any atom is -0.394 e. The van der Waals surface area contributed by atoms with Crippen LogP contribution in [0, 0.1) is 0 Å². The first-order valence-electron chi connectivity index (χ1n) is 5.92. The van der Waals surface area contributed by atoms with Crippen molar-refractivity contribution in [2.24, 2.45) is 0 Å². The van der Waals surface area contributed by atoms with Crippen LogP contribution in [0.5, 0.6) is 0 Å². The van der Waals surface area contributed by atoms with Gasteiger partial charge in [-0.25, -0.2) is 4.98 Å². The molecule has 0 aliphatic heterocycles. The number of aliphatic hydroxyl groups is 5. The van der Waals surface area contributed by atoms with E-state index in [0.29, 0.717) is 16.1 Å². The molecular formula is C12H15ClN2O5. The summed E-state index contributed by atoms with van der Waals surface area (Å²) >= 11 is 5.82. The number of benzene rings is 1. The van der Waals surface area contributed by atoms with Crippen molar-refractivity contribution in [3.63, 3.8) is 0 Å². The van der Waals surface area contributed by atoms with Gasteiger partial charge in [0.25, 0.3) is 0 Å². The van der Waals surface area contributed by atoms with E-state index in [4.69, 9.17) is 16.7 Å². The number of H-pyrrole nitrogens is 1. The lowest BCUT2D eigenvalue weighted by atomic mass is 10.0. The van der Waals surface area contributed by atoms with E-state index in [1.54, 1.807) is 18.2 Å². The maximum atomic E-state index is 9.94. The van der Waals surface area contributed by atoms with Crippen LogP contribution in [0.25, 0.3) is 11.0 Å². The van der Waals surface area contributed by atoms with Crippen LogP contribution in [0.1, 0.15) is 11.9 Å². The molecule has 2 aromatic rings. The molecule has 6 N–H and O–H groups in total. The Bertz CT molecular complexity index is 590. The van der Waals surface area contributed by atoms with Crippen molar-refractivity contribution in [2.45, 2.75) is 24.4 Å². The van der Waals surface area contributed by atoms with Crippen LogP contribution in [0.3, 0.4) is 0 Å². The Morgan fingerprint density at radius 1 is 1.15 bits per heavy atom. The molecule has 0 radical (unpaired) electrons. The summed E-state index contributed by atoms with van der Waals surface area (Å²) in [5, 5.41) is 47.7. The van der Waals surface area contributed by atoms with E-state index in [1.165, 1.54) is 0 Å². The number of hydrogen-bond donors (Lipinski definition) is 6. The largest absolute Gasteiger partial charge is 0.394 e. The fourth-order valence-electron chi connectivity index (χ4n) is 1.83. The number of hydrogen-bond acceptors (Lipinski definition) is 6. The summed E-state index contributed by atoms with van der Waals surface area (Å²) in [6, 6.07) is 4.86. The molecule has 7 nitrogen and oxygen atoms in total. The standard InChI is InChI=1S/C12H15ClN2O5/c13-5-1-2-6-7(3-5)15-12(14-6)11(20)10(19)9(18)8(17)4-16/h1-3,8-11,16-20H,4H2,(H,14,15). The molecule has 2 rings (SSSR count). The van der Waals surface area contributed by atoms with Crippen LogP contribution in [0.4, 0.5) is 0 Å². The number of aliphatic hydroxyl groups excluding tert-OH is 5. The summed E-state index contributed by atoms with van der Waals surface area (Å²) in [4.78, 5) is 6.83. The van der Waals surface area contributed by atoms with Crippen molar-refractivity contribution >= 4 is 22.6 Å². The third kappa shape index (κ3) is 2.93. The molecule has 4 unspecified atom stereocenters. The molecule has 1 aromatic carbocycles. The Balaban J connectivity index is 2.24. The van der Waals surface area contributed by atoms with Crippen LogP contribution < -0.4 is 0 Å². The number of rotatable bonds is 5. The maximum absolute atomic E-state index is 9.94. The first-order chi connectivity index (χ1) is 9.43. The smallest absolute Gasteiger partial charge is 0.140 e. The zero-order chi connectivity index (χ0) is 14.9. The van der Waals surface area contributed by atoms with Crippen LogP contribution in [0.2, 0.25) is 5.02 Å². The van der Waals surface area contributed by atoms with Gasteiger partial charge in [-0.2, -0.15) is 0 Å². The summed E-state index contributed by atoms with van der Waals surface area (Å²) in [5.74, 6) is 0.0268. The molecule has 20 heavy (non-hydrogen) atoms. The number of fused-ring (bicyclic) bond motifs is 1. The number of nitrogens with one attached hydrogen (secondary N) is 1. The van der Waals surface area contributed by atoms with E-state index < -0.39 is 31.0 Å². The molecule has 0 spiro atoms. The zero-order valence-electron chi connectivity index (χ0n) is 10.3. The highest BCUT2D eigenvalue weighted by atomic mass is 35.5. The average molecular weight is 303 g/mol. The third-order valence-corrected chi connectivity index (χ3v) is 3.23. The Hall–Kier alpha value is -1.22. The molecule has 0 saturated carbocycles. The topological polar surface area (TPSA) is 130 Å². The number of aromatic nitrogens is 2. The number of imidazole rings is 1. The van der Waals surface area contributed by atoms with Gasteiger partial charge < -0.3 is 30.5 Å². The van der Waals surface area contributed by atoms with Gasteiger partial charge in [-0.1, -0.05) is 11.6 Å². The van der Waals surface area contributed by atoms with Crippen LogP contribution in [-0.4, -0.2) is 60.4 Å². The second kappa shape index (κ2) is 6.04. The van der Waals surface area contributed by atoms with Crippen molar-refractivity contribution < 1.29 is 25.5 Å². The minimum absolute atomic E-state index is 0.0268. The van der Waals surface area contributed by atoms with Gasteiger partial charge in [-0.3, -0.25) is 0 Å². The highest BCUT2D eigenvalue weighted by Crippen LogP contribution is 2.23. The lowest BCUT2D eigenvalue weighted by Crippen LogP contribution is -2.42. The normalized spacial score (nSPS) is 17.9. The molecule has 1 heterocycles. The van der Waals surface area contributed by atoms with Crippen molar-refractivity contribution in [3.8, 4) is 0 Å². The summed E-state index contributed by atoms with van der Waals surface area (Å²) in [6.07, 6.45) is -6.50. The highest BCUT2D eigenvalue weighted by molar-refractivity contribution is 6.31.